The number of benzene rings is 1. The van der Waals surface area contributed by atoms with Crippen LogP contribution in [0, 0.1) is 0 Å². The minimum Gasteiger partial charge on any atom is -0.0975 e. The zero-order valence-electron chi connectivity index (χ0n) is 6.53. The van der Waals surface area contributed by atoms with Crippen LogP contribution in [0.3, 0.4) is 0 Å². The molecular weight excluding hydrogens is 171 g/mol. The van der Waals surface area contributed by atoms with Gasteiger partial charge < -0.3 is 0 Å². The van der Waals surface area contributed by atoms with E-state index in [2.05, 4.69) is 36.3 Å². The normalized spacial score (nSPS) is 10.6. The van der Waals surface area contributed by atoms with E-state index in [1.165, 1.54) is 19.3 Å². The van der Waals surface area contributed by atoms with Gasteiger partial charge in [0.15, 0.2) is 0 Å². The van der Waals surface area contributed by atoms with Crippen LogP contribution in [-0.2, 0) is 0 Å². The summed E-state index contributed by atoms with van der Waals surface area (Å²) in [5.41, 5.74) is 0. The fraction of sp³-hybridized carbons (Fsp3) is 0.222. The van der Waals surface area contributed by atoms with Crippen molar-refractivity contribution in [1.82, 2.24) is 0 Å². The molecule has 0 aliphatic rings. The predicted octanol–water partition coefficient (Wildman–Crippen LogP) is 3.50. The van der Waals surface area contributed by atoms with Crippen LogP contribution in [0.25, 0.3) is 0 Å². The Morgan fingerprint density at radius 2 is 2.09 bits per heavy atom. The van der Waals surface area contributed by atoms with Crippen molar-refractivity contribution in [2.45, 2.75) is 11.8 Å². The van der Waals surface area contributed by atoms with E-state index in [0.29, 0.717) is 0 Å². The standard InChI is InChI=1S/C9H11PS/c1-2-10-8-11-9-6-4-3-5-7-9/h3-8H,2H2,1H3. The van der Waals surface area contributed by atoms with Gasteiger partial charge in [-0.15, -0.1) is 0 Å². The molecule has 0 aromatic heterocycles. The van der Waals surface area contributed by atoms with Gasteiger partial charge in [-0.1, -0.05) is 45.1 Å². The molecule has 0 spiro atoms. The number of hydrogen-bond donors (Lipinski definition) is 0. The van der Waals surface area contributed by atoms with Gasteiger partial charge in [0, 0.05) is 4.90 Å². The molecule has 0 aliphatic heterocycles. The Hall–Kier alpha value is -0.260. The predicted molar refractivity (Wildman–Crippen MR) is 55.8 cm³/mol. The van der Waals surface area contributed by atoms with Gasteiger partial charge in [0.25, 0.3) is 0 Å². The average molecular weight is 182 g/mol. The molecule has 1 aromatic carbocycles. The van der Waals surface area contributed by atoms with Crippen molar-refractivity contribution in [2.75, 3.05) is 6.16 Å². The highest BCUT2D eigenvalue weighted by molar-refractivity contribution is 8.16. The summed E-state index contributed by atoms with van der Waals surface area (Å²) in [4.78, 5) is 1.33. The summed E-state index contributed by atoms with van der Waals surface area (Å²) in [5.74, 6) is 0. The molecule has 0 atom stereocenters. The van der Waals surface area contributed by atoms with Gasteiger partial charge in [-0.3, -0.25) is 0 Å². The van der Waals surface area contributed by atoms with Crippen LogP contribution >= 0.6 is 20.0 Å². The summed E-state index contributed by atoms with van der Waals surface area (Å²) in [6.07, 6.45) is 1.21. The van der Waals surface area contributed by atoms with Crippen LogP contribution in [0.2, 0.25) is 0 Å². The maximum Gasteiger partial charge on any atom is 0.0119 e. The van der Waals surface area contributed by atoms with E-state index in [1.54, 1.807) is 0 Å². The van der Waals surface area contributed by atoms with E-state index >= 15 is 0 Å². The molecule has 0 heterocycles. The molecule has 1 rings (SSSR count). The Kier molecular flexibility index (Phi) is 4.33. The van der Waals surface area contributed by atoms with E-state index in [9.17, 15) is 0 Å². The molecule has 0 N–H and O–H groups in total. The van der Waals surface area contributed by atoms with Crippen molar-refractivity contribution in [3.63, 3.8) is 0 Å². The van der Waals surface area contributed by atoms with Crippen molar-refractivity contribution in [2.24, 2.45) is 0 Å². The van der Waals surface area contributed by atoms with Crippen LogP contribution in [0.5, 0.6) is 0 Å². The van der Waals surface area contributed by atoms with Crippen molar-refractivity contribution >= 4 is 25.1 Å². The molecule has 0 bridgehead atoms. The maximum absolute atomic E-state index is 2.23. The van der Waals surface area contributed by atoms with Gasteiger partial charge in [-0.05, 0) is 23.4 Å². The second-order valence-electron chi connectivity index (χ2n) is 2.04. The molecule has 0 saturated heterocycles. The lowest BCUT2D eigenvalue weighted by Gasteiger charge is -1.91. The van der Waals surface area contributed by atoms with E-state index in [1.807, 2.05) is 17.8 Å². The lowest BCUT2D eigenvalue weighted by atomic mass is 10.4. The molecule has 11 heavy (non-hydrogen) atoms. The number of rotatable bonds is 3. The summed E-state index contributed by atoms with van der Waals surface area (Å²) in [6, 6.07) is 10.4. The summed E-state index contributed by atoms with van der Waals surface area (Å²) in [6.45, 7) is 2.18. The van der Waals surface area contributed by atoms with Crippen molar-refractivity contribution in [3.05, 3.63) is 30.3 Å². The third-order valence-electron chi connectivity index (χ3n) is 1.19. The van der Waals surface area contributed by atoms with Crippen molar-refractivity contribution in [1.29, 1.82) is 0 Å². The largest absolute Gasteiger partial charge is 0.0975 e. The topological polar surface area (TPSA) is 0 Å². The van der Waals surface area contributed by atoms with Crippen LogP contribution in [-0.4, -0.2) is 11.3 Å². The van der Waals surface area contributed by atoms with E-state index in [-0.39, 0.29) is 0 Å². The molecule has 0 aliphatic carbocycles. The van der Waals surface area contributed by atoms with Gasteiger partial charge in [-0.25, -0.2) is 0 Å². The minimum atomic E-state index is 1.21. The zero-order valence-corrected chi connectivity index (χ0v) is 8.24. The fourth-order valence-corrected chi connectivity index (χ4v) is 2.37. The highest BCUT2D eigenvalue weighted by atomic mass is 32.2. The van der Waals surface area contributed by atoms with Crippen LogP contribution in [0.4, 0.5) is 0 Å². The molecule has 0 nitrogen and oxygen atoms in total. The molecular formula is C9H11PS. The Balaban J connectivity index is 2.45. The molecule has 0 saturated carbocycles. The first-order valence-corrected chi connectivity index (χ1v) is 5.66. The lowest BCUT2D eigenvalue weighted by molar-refractivity contribution is 1.48. The maximum atomic E-state index is 2.23. The monoisotopic (exact) mass is 182 g/mol. The molecule has 58 valence electrons. The summed E-state index contributed by atoms with van der Waals surface area (Å²) in [7, 11) is 1.41. The Bertz CT molecular complexity index is 218. The van der Waals surface area contributed by atoms with Crippen LogP contribution < -0.4 is 0 Å². The summed E-state index contributed by atoms with van der Waals surface area (Å²) < 4.78 is 0. The Labute approximate surface area is 73.8 Å². The molecule has 0 unspecified atom stereocenters. The van der Waals surface area contributed by atoms with Crippen LogP contribution in [0.15, 0.2) is 35.2 Å². The van der Waals surface area contributed by atoms with Gasteiger partial charge >= 0.3 is 0 Å². The highest BCUT2D eigenvalue weighted by Crippen LogP contribution is 2.16. The molecule has 0 fully saturated rings. The lowest BCUT2D eigenvalue weighted by Crippen LogP contribution is -1.66. The highest BCUT2D eigenvalue weighted by Gasteiger charge is 1.84. The first-order valence-electron chi connectivity index (χ1n) is 3.63. The summed E-state index contributed by atoms with van der Waals surface area (Å²) in [5, 5.41) is 2.23. The zero-order chi connectivity index (χ0) is 7.94. The SMILES string of the molecule is CCP=CSc1ccccc1. The average Bonchev–Trinajstić information content (AvgIpc) is 2.07. The van der Waals surface area contributed by atoms with Gasteiger partial charge in [0.05, 0.1) is 0 Å². The fourth-order valence-electron chi connectivity index (χ4n) is 0.672. The summed E-state index contributed by atoms with van der Waals surface area (Å²) >= 11 is 1.81. The first-order chi connectivity index (χ1) is 5.43. The first kappa shape index (κ1) is 8.83. The Morgan fingerprint density at radius 3 is 2.73 bits per heavy atom. The molecule has 2 heteroatoms. The quantitative estimate of drug-likeness (QED) is 0.509. The van der Waals surface area contributed by atoms with E-state index in [4.69, 9.17) is 0 Å². The number of thioether (sulfide) groups is 1. The van der Waals surface area contributed by atoms with Gasteiger partial charge in [0.1, 0.15) is 0 Å². The smallest absolute Gasteiger partial charge is 0.0119 e. The van der Waals surface area contributed by atoms with E-state index < -0.39 is 0 Å². The third-order valence-corrected chi connectivity index (χ3v) is 3.12. The van der Waals surface area contributed by atoms with Gasteiger partial charge in [0.2, 0.25) is 0 Å². The third kappa shape index (κ3) is 3.60. The number of hydrogen-bond acceptors (Lipinski definition) is 1. The van der Waals surface area contributed by atoms with E-state index in [0.717, 1.165) is 0 Å². The van der Waals surface area contributed by atoms with Crippen molar-refractivity contribution < 1.29 is 0 Å². The van der Waals surface area contributed by atoms with Crippen LogP contribution in [0.1, 0.15) is 6.92 Å². The minimum absolute atomic E-state index is 1.21. The Morgan fingerprint density at radius 1 is 1.36 bits per heavy atom. The van der Waals surface area contributed by atoms with Gasteiger partial charge in [-0.2, -0.15) is 0 Å². The second kappa shape index (κ2) is 5.40. The molecule has 0 amide bonds. The second-order valence-corrected chi connectivity index (χ2v) is 4.58. The molecule has 1 aromatic rings. The molecule has 0 radical (unpaired) electrons. The van der Waals surface area contributed by atoms with Crippen molar-refractivity contribution in [3.8, 4) is 0 Å².